The van der Waals surface area contributed by atoms with Crippen molar-refractivity contribution >= 4 is 29.9 Å². The lowest BCUT2D eigenvalue weighted by molar-refractivity contribution is -0.139. The second-order valence-corrected chi connectivity index (χ2v) is 12.7. The Morgan fingerprint density at radius 1 is 0.740 bits per heavy atom. The summed E-state index contributed by atoms with van der Waals surface area (Å²) in [4.78, 5) is 73.6. The molecule has 2 fully saturated rings. The lowest BCUT2D eigenvalue weighted by atomic mass is 9.99. The maximum Gasteiger partial charge on any atom is 0.407 e. The smallest absolute Gasteiger partial charge is 0.407 e. The SMILES string of the molecule is COC(=O)N[C@@H](C)C(=O)N1CCC[C@H]1C(=O)N[C@H](C)c1ccc(-c2ccc(-c3cnc([C@@H]4CCCN4C(=O)[C@H](C)NC(=O)OC)[nH]3)cc2)cc1. The van der Waals surface area contributed by atoms with Crippen LogP contribution in [0.3, 0.4) is 0 Å². The summed E-state index contributed by atoms with van der Waals surface area (Å²) in [6, 6.07) is 13.5. The van der Waals surface area contributed by atoms with E-state index in [9.17, 15) is 24.0 Å². The highest BCUT2D eigenvalue weighted by atomic mass is 16.5. The second kappa shape index (κ2) is 15.9. The van der Waals surface area contributed by atoms with E-state index in [0.29, 0.717) is 31.8 Å². The zero-order valence-corrected chi connectivity index (χ0v) is 29.0. The first-order chi connectivity index (χ1) is 24.0. The normalized spacial score (nSPS) is 18.9. The third-order valence-corrected chi connectivity index (χ3v) is 9.36. The Labute approximate surface area is 291 Å². The van der Waals surface area contributed by atoms with Crippen LogP contribution in [-0.2, 0) is 23.9 Å². The molecule has 2 aliphatic rings. The monoisotopic (exact) mass is 687 g/mol. The maximum absolute atomic E-state index is 13.2. The van der Waals surface area contributed by atoms with Crippen LogP contribution in [0, 0.1) is 0 Å². The first-order valence-corrected chi connectivity index (χ1v) is 16.9. The summed E-state index contributed by atoms with van der Waals surface area (Å²) in [6.07, 6.45) is 3.30. The summed E-state index contributed by atoms with van der Waals surface area (Å²) in [5.74, 6) is -0.0315. The molecule has 14 nitrogen and oxygen atoms in total. The molecular weight excluding hydrogens is 642 g/mol. The Hall–Kier alpha value is -5.40. The molecule has 5 rings (SSSR count). The van der Waals surface area contributed by atoms with Crippen molar-refractivity contribution in [1.82, 2.24) is 35.7 Å². The highest BCUT2D eigenvalue weighted by Gasteiger charge is 2.37. The summed E-state index contributed by atoms with van der Waals surface area (Å²) in [5.41, 5.74) is 4.75. The van der Waals surface area contributed by atoms with E-state index >= 15 is 0 Å². The van der Waals surface area contributed by atoms with Crippen molar-refractivity contribution in [2.75, 3.05) is 27.3 Å². The van der Waals surface area contributed by atoms with Gasteiger partial charge in [-0.3, -0.25) is 14.4 Å². The molecular formula is C36H45N7O7. The highest BCUT2D eigenvalue weighted by molar-refractivity contribution is 5.92. The number of carbonyl (C=O) groups excluding carboxylic acids is 5. The number of hydrogen-bond acceptors (Lipinski definition) is 8. The van der Waals surface area contributed by atoms with E-state index in [2.05, 4.69) is 35.4 Å². The Morgan fingerprint density at radius 3 is 1.86 bits per heavy atom. The molecule has 0 radical (unpaired) electrons. The summed E-state index contributed by atoms with van der Waals surface area (Å²) in [6.45, 7) is 6.16. The molecule has 4 N–H and O–H groups in total. The van der Waals surface area contributed by atoms with Gasteiger partial charge in [0.2, 0.25) is 17.7 Å². The Bertz CT molecular complexity index is 1690. The lowest BCUT2D eigenvalue weighted by Gasteiger charge is -2.28. The van der Waals surface area contributed by atoms with Crippen LogP contribution in [0.1, 0.15) is 69.9 Å². The number of ether oxygens (including phenoxy) is 2. The third-order valence-electron chi connectivity index (χ3n) is 9.36. The van der Waals surface area contributed by atoms with E-state index in [1.807, 2.05) is 55.5 Å². The number of rotatable bonds is 10. The zero-order valence-electron chi connectivity index (χ0n) is 29.0. The first kappa shape index (κ1) is 35.9. The van der Waals surface area contributed by atoms with Crippen molar-refractivity contribution in [2.24, 2.45) is 0 Å². The number of imidazole rings is 1. The van der Waals surface area contributed by atoms with E-state index in [0.717, 1.165) is 40.8 Å². The minimum atomic E-state index is -0.806. The third kappa shape index (κ3) is 8.07. The van der Waals surface area contributed by atoms with Crippen LogP contribution >= 0.6 is 0 Å². The van der Waals surface area contributed by atoms with Crippen LogP contribution in [-0.4, -0.2) is 95.1 Å². The van der Waals surface area contributed by atoms with Crippen LogP contribution in [0.4, 0.5) is 9.59 Å². The molecule has 3 heterocycles. The quantitative estimate of drug-likeness (QED) is 0.247. The van der Waals surface area contributed by atoms with Gasteiger partial charge in [0.1, 0.15) is 23.9 Å². The van der Waals surface area contributed by atoms with Gasteiger partial charge < -0.3 is 40.2 Å². The number of likely N-dealkylation sites (tertiary alicyclic amines) is 2. The molecule has 1 aromatic heterocycles. The number of methoxy groups -OCH3 is 2. The number of amides is 5. The van der Waals surface area contributed by atoms with Gasteiger partial charge in [0.05, 0.1) is 38.2 Å². The summed E-state index contributed by atoms with van der Waals surface area (Å²) < 4.78 is 9.21. The summed E-state index contributed by atoms with van der Waals surface area (Å²) in [7, 11) is 2.49. The van der Waals surface area contributed by atoms with Crippen LogP contribution in [0.15, 0.2) is 54.7 Å². The largest absolute Gasteiger partial charge is 0.453 e. The predicted octanol–water partition coefficient (Wildman–Crippen LogP) is 4.06. The zero-order chi connectivity index (χ0) is 35.9. The number of hydrogen-bond donors (Lipinski definition) is 4. The average Bonchev–Trinajstić information content (AvgIpc) is 3.92. The van der Waals surface area contributed by atoms with Gasteiger partial charge in [-0.2, -0.15) is 0 Å². The van der Waals surface area contributed by atoms with Crippen LogP contribution in [0.5, 0.6) is 0 Å². The second-order valence-electron chi connectivity index (χ2n) is 12.7. The number of benzene rings is 2. The molecule has 5 amide bonds. The Kier molecular flexibility index (Phi) is 11.4. The molecule has 3 aromatic rings. The van der Waals surface area contributed by atoms with E-state index in [1.54, 1.807) is 24.9 Å². The molecule has 0 saturated carbocycles. The molecule has 2 saturated heterocycles. The maximum atomic E-state index is 13.2. The molecule has 14 heteroatoms. The minimum absolute atomic E-state index is 0.184. The fraction of sp³-hybridized carbons (Fsp3) is 0.444. The highest BCUT2D eigenvalue weighted by Crippen LogP contribution is 2.33. The molecule has 50 heavy (non-hydrogen) atoms. The van der Waals surface area contributed by atoms with Crippen molar-refractivity contribution in [3.63, 3.8) is 0 Å². The molecule has 2 aromatic carbocycles. The molecule has 0 spiro atoms. The molecule has 5 atom stereocenters. The van der Waals surface area contributed by atoms with Gasteiger partial charge in [-0.25, -0.2) is 14.6 Å². The lowest BCUT2D eigenvalue weighted by Crippen LogP contribution is -2.52. The number of H-pyrrole nitrogens is 1. The van der Waals surface area contributed by atoms with Gasteiger partial charge >= 0.3 is 12.2 Å². The number of nitrogens with one attached hydrogen (secondary N) is 4. The number of nitrogens with zero attached hydrogens (tertiary/aromatic N) is 3. The van der Waals surface area contributed by atoms with Gasteiger partial charge in [-0.15, -0.1) is 0 Å². The van der Waals surface area contributed by atoms with Crippen LogP contribution in [0.2, 0.25) is 0 Å². The van der Waals surface area contributed by atoms with E-state index < -0.39 is 30.3 Å². The molecule has 0 unspecified atom stereocenters. The predicted molar refractivity (Wildman–Crippen MR) is 184 cm³/mol. The van der Waals surface area contributed by atoms with Gasteiger partial charge in [-0.05, 0) is 68.7 Å². The standard InChI is InChI=1S/C36H45N7O7/c1-21(38-32(44)30-9-7-19-43(30)34(46)23(3)40-36(48)50-5)24-10-12-25(13-11-24)26-14-16-27(17-15-26)28-20-37-31(41-28)29-8-6-18-42(29)33(45)22(2)39-35(47)49-4/h10-17,20-23,29-30H,6-9,18-19H2,1-5H3,(H,37,41)(H,38,44)(H,39,47)(H,40,48)/t21-,22+,23+,29+,30+/m1/s1. The molecule has 2 aliphatic heterocycles. The van der Waals surface area contributed by atoms with E-state index in [4.69, 9.17) is 0 Å². The molecule has 266 valence electrons. The van der Waals surface area contributed by atoms with Gasteiger partial charge in [-0.1, -0.05) is 48.5 Å². The van der Waals surface area contributed by atoms with Gasteiger partial charge in [0.15, 0.2) is 0 Å². The van der Waals surface area contributed by atoms with Gasteiger partial charge in [0.25, 0.3) is 0 Å². The summed E-state index contributed by atoms with van der Waals surface area (Å²) >= 11 is 0. The average molecular weight is 688 g/mol. The van der Waals surface area contributed by atoms with E-state index in [-0.39, 0.29) is 29.8 Å². The van der Waals surface area contributed by atoms with Crippen molar-refractivity contribution in [3.05, 3.63) is 66.1 Å². The Morgan fingerprint density at radius 2 is 1.26 bits per heavy atom. The van der Waals surface area contributed by atoms with Crippen molar-refractivity contribution < 1.29 is 33.4 Å². The number of alkyl carbamates (subject to hydrolysis) is 2. The van der Waals surface area contributed by atoms with Crippen molar-refractivity contribution in [3.8, 4) is 22.4 Å². The number of aromatic amines is 1. The molecule has 0 aliphatic carbocycles. The first-order valence-electron chi connectivity index (χ1n) is 16.9. The fourth-order valence-electron chi connectivity index (χ4n) is 6.56. The topological polar surface area (TPSA) is 175 Å². The van der Waals surface area contributed by atoms with Crippen molar-refractivity contribution in [2.45, 2.75) is 76.7 Å². The minimum Gasteiger partial charge on any atom is -0.453 e. The number of carbonyl (C=O) groups is 5. The van der Waals surface area contributed by atoms with Crippen LogP contribution in [0.25, 0.3) is 22.4 Å². The van der Waals surface area contributed by atoms with Gasteiger partial charge in [0, 0.05) is 13.1 Å². The van der Waals surface area contributed by atoms with Crippen LogP contribution < -0.4 is 16.0 Å². The number of aromatic nitrogens is 2. The summed E-state index contributed by atoms with van der Waals surface area (Å²) in [5, 5.41) is 8.07. The molecule has 0 bridgehead atoms. The van der Waals surface area contributed by atoms with Crippen molar-refractivity contribution in [1.29, 1.82) is 0 Å². The fourth-order valence-corrected chi connectivity index (χ4v) is 6.56. The van der Waals surface area contributed by atoms with E-state index in [1.165, 1.54) is 19.1 Å². The Balaban J connectivity index is 1.18.